The fourth-order valence-corrected chi connectivity index (χ4v) is 6.51. The van der Waals surface area contributed by atoms with Crippen LogP contribution in [0.2, 0.25) is 5.02 Å². The lowest BCUT2D eigenvalue weighted by Gasteiger charge is -2.28. The second-order valence-electron chi connectivity index (χ2n) is 10.1. The minimum atomic E-state index is -0.380. The summed E-state index contributed by atoms with van der Waals surface area (Å²) in [6.45, 7) is 1.19. The molecule has 0 aliphatic heterocycles. The Bertz CT molecular complexity index is 1500. The Morgan fingerprint density at radius 3 is 2.54 bits per heavy atom. The molecule has 1 fully saturated rings. The SMILES string of the molecule is O=C(NCCc1ccccc1)C1CCC(Cn2c(SCc3ccc(F)cc3Cl)nc3ccccc3c2=O)CC1. The van der Waals surface area contributed by atoms with Crippen molar-refractivity contribution in [1.29, 1.82) is 0 Å². The fraction of sp³-hybridized carbons (Fsp3) is 0.323. The van der Waals surface area contributed by atoms with Crippen LogP contribution in [0, 0.1) is 17.7 Å². The molecule has 0 radical (unpaired) electrons. The molecule has 1 aromatic heterocycles. The summed E-state index contributed by atoms with van der Waals surface area (Å²) in [5, 5.41) is 4.68. The molecule has 4 aromatic rings. The Kier molecular flexibility index (Phi) is 8.99. The van der Waals surface area contributed by atoms with E-state index in [2.05, 4.69) is 17.4 Å². The third kappa shape index (κ3) is 6.89. The van der Waals surface area contributed by atoms with E-state index in [4.69, 9.17) is 16.6 Å². The lowest BCUT2D eigenvalue weighted by molar-refractivity contribution is -0.126. The molecular weight excluding hydrogens is 533 g/mol. The predicted octanol–water partition coefficient (Wildman–Crippen LogP) is 6.65. The predicted molar refractivity (Wildman–Crippen MR) is 156 cm³/mol. The van der Waals surface area contributed by atoms with E-state index in [0.717, 1.165) is 37.7 Å². The minimum Gasteiger partial charge on any atom is -0.356 e. The molecule has 3 aromatic carbocycles. The van der Waals surface area contributed by atoms with Gasteiger partial charge in [0.15, 0.2) is 5.16 Å². The van der Waals surface area contributed by atoms with E-state index in [1.807, 2.05) is 42.5 Å². The number of nitrogens with zero attached hydrogens (tertiary/aromatic N) is 2. The number of halogens is 2. The van der Waals surface area contributed by atoms with E-state index < -0.39 is 0 Å². The highest BCUT2D eigenvalue weighted by Gasteiger charge is 2.27. The first-order valence-corrected chi connectivity index (χ1v) is 14.7. The van der Waals surface area contributed by atoms with Crippen LogP contribution in [0.15, 0.2) is 82.7 Å². The van der Waals surface area contributed by atoms with Crippen molar-refractivity contribution in [3.8, 4) is 0 Å². The van der Waals surface area contributed by atoms with Gasteiger partial charge in [0.2, 0.25) is 5.91 Å². The maximum absolute atomic E-state index is 13.5. The van der Waals surface area contributed by atoms with Crippen LogP contribution >= 0.6 is 23.4 Å². The zero-order valence-electron chi connectivity index (χ0n) is 21.6. The maximum Gasteiger partial charge on any atom is 0.262 e. The highest BCUT2D eigenvalue weighted by molar-refractivity contribution is 7.98. The number of nitrogens with one attached hydrogen (secondary N) is 1. The van der Waals surface area contributed by atoms with Crippen molar-refractivity contribution in [2.75, 3.05) is 6.54 Å². The molecule has 5 nitrogen and oxygen atoms in total. The Balaban J connectivity index is 1.24. The third-order valence-corrected chi connectivity index (χ3v) is 8.79. The second kappa shape index (κ2) is 12.8. The van der Waals surface area contributed by atoms with Crippen molar-refractivity contribution in [1.82, 2.24) is 14.9 Å². The molecule has 1 amide bonds. The van der Waals surface area contributed by atoms with E-state index in [9.17, 15) is 14.0 Å². The second-order valence-corrected chi connectivity index (χ2v) is 11.4. The summed E-state index contributed by atoms with van der Waals surface area (Å²) in [6, 6.07) is 21.9. The Hall–Kier alpha value is -3.16. The average Bonchev–Trinajstić information content (AvgIpc) is 2.95. The number of aromatic nitrogens is 2. The molecular formula is C31H31ClFN3O2S. The molecule has 0 spiro atoms. The Morgan fingerprint density at radius 2 is 1.77 bits per heavy atom. The van der Waals surface area contributed by atoms with E-state index >= 15 is 0 Å². The van der Waals surface area contributed by atoms with Gasteiger partial charge in [-0.1, -0.05) is 71.9 Å². The van der Waals surface area contributed by atoms with Crippen LogP contribution < -0.4 is 10.9 Å². The largest absolute Gasteiger partial charge is 0.356 e. The maximum atomic E-state index is 13.5. The molecule has 202 valence electrons. The number of fused-ring (bicyclic) bond motifs is 1. The lowest BCUT2D eigenvalue weighted by Crippen LogP contribution is -2.35. The highest BCUT2D eigenvalue weighted by Crippen LogP contribution is 2.32. The van der Waals surface area contributed by atoms with Crippen molar-refractivity contribution < 1.29 is 9.18 Å². The van der Waals surface area contributed by atoms with Gasteiger partial charge in [0.25, 0.3) is 5.56 Å². The number of thioether (sulfide) groups is 1. The van der Waals surface area contributed by atoms with E-state index in [0.29, 0.717) is 39.9 Å². The molecule has 1 aliphatic rings. The molecule has 39 heavy (non-hydrogen) atoms. The van der Waals surface area contributed by atoms with Crippen LogP contribution in [-0.2, 0) is 23.5 Å². The van der Waals surface area contributed by atoms with Gasteiger partial charge in [0, 0.05) is 29.8 Å². The Morgan fingerprint density at radius 1 is 1.03 bits per heavy atom. The van der Waals surface area contributed by atoms with Crippen LogP contribution in [0.25, 0.3) is 10.9 Å². The molecule has 0 saturated heterocycles. The van der Waals surface area contributed by atoms with Gasteiger partial charge < -0.3 is 5.32 Å². The van der Waals surface area contributed by atoms with Crippen molar-refractivity contribution in [2.45, 2.75) is 49.6 Å². The monoisotopic (exact) mass is 563 g/mol. The van der Waals surface area contributed by atoms with Gasteiger partial charge in [-0.2, -0.15) is 0 Å². The molecule has 0 unspecified atom stereocenters. The molecule has 8 heteroatoms. The van der Waals surface area contributed by atoms with Crippen LogP contribution in [-0.4, -0.2) is 22.0 Å². The van der Waals surface area contributed by atoms with E-state index in [-0.39, 0.29) is 29.1 Å². The van der Waals surface area contributed by atoms with Gasteiger partial charge >= 0.3 is 0 Å². The zero-order chi connectivity index (χ0) is 27.2. The lowest BCUT2D eigenvalue weighted by atomic mass is 9.81. The normalized spacial score (nSPS) is 17.3. The number of rotatable bonds is 9. The van der Waals surface area contributed by atoms with Crippen LogP contribution in [0.1, 0.15) is 36.8 Å². The molecule has 5 rings (SSSR count). The highest BCUT2D eigenvalue weighted by atomic mass is 35.5. The molecule has 1 heterocycles. The van der Waals surface area contributed by atoms with Crippen molar-refractivity contribution >= 4 is 40.2 Å². The van der Waals surface area contributed by atoms with Crippen molar-refractivity contribution in [3.05, 3.63) is 105 Å². The summed E-state index contributed by atoms with van der Waals surface area (Å²) in [7, 11) is 0. The smallest absolute Gasteiger partial charge is 0.262 e. The van der Waals surface area contributed by atoms with Gasteiger partial charge in [-0.25, -0.2) is 9.37 Å². The Labute approximate surface area is 236 Å². The van der Waals surface area contributed by atoms with Crippen molar-refractivity contribution in [2.24, 2.45) is 11.8 Å². The number of para-hydroxylation sites is 1. The summed E-state index contributed by atoms with van der Waals surface area (Å²) < 4.78 is 15.3. The summed E-state index contributed by atoms with van der Waals surface area (Å²) in [6.07, 6.45) is 4.20. The molecule has 1 aliphatic carbocycles. The van der Waals surface area contributed by atoms with Crippen molar-refractivity contribution in [3.63, 3.8) is 0 Å². The average molecular weight is 564 g/mol. The summed E-state index contributed by atoms with van der Waals surface area (Å²) >= 11 is 7.68. The molecule has 0 atom stereocenters. The first-order valence-electron chi connectivity index (χ1n) is 13.4. The summed E-state index contributed by atoms with van der Waals surface area (Å²) in [5.74, 6) is 0.516. The van der Waals surface area contributed by atoms with Gasteiger partial charge in [0.1, 0.15) is 5.82 Å². The number of amides is 1. The minimum absolute atomic E-state index is 0.0120. The van der Waals surface area contributed by atoms with E-state index in [1.165, 1.54) is 29.5 Å². The number of hydrogen-bond acceptors (Lipinski definition) is 4. The molecule has 1 saturated carbocycles. The van der Waals surface area contributed by atoms with Gasteiger partial charge in [-0.15, -0.1) is 0 Å². The number of carbonyl (C=O) groups is 1. The first-order chi connectivity index (χ1) is 19.0. The van der Waals surface area contributed by atoms with Gasteiger partial charge in [-0.3, -0.25) is 14.2 Å². The number of hydrogen-bond donors (Lipinski definition) is 1. The summed E-state index contributed by atoms with van der Waals surface area (Å²) in [4.78, 5) is 31.1. The third-order valence-electron chi connectivity index (χ3n) is 7.41. The van der Waals surface area contributed by atoms with Crippen LogP contribution in [0.5, 0.6) is 0 Å². The van der Waals surface area contributed by atoms with Crippen LogP contribution in [0.3, 0.4) is 0 Å². The van der Waals surface area contributed by atoms with Gasteiger partial charge in [0.05, 0.1) is 10.9 Å². The van der Waals surface area contributed by atoms with Crippen LogP contribution in [0.4, 0.5) is 4.39 Å². The topological polar surface area (TPSA) is 64.0 Å². The number of benzene rings is 3. The first kappa shape index (κ1) is 27.4. The molecule has 1 N–H and O–H groups in total. The fourth-order valence-electron chi connectivity index (χ4n) is 5.18. The summed E-state index contributed by atoms with van der Waals surface area (Å²) in [5.41, 5.74) is 2.60. The molecule has 0 bridgehead atoms. The van der Waals surface area contributed by atoms with E-state index in [1.54, 1.807) is 10.6 Å². The van der Waals surface area contributed by atoms with Gasteiger partial charge in [-0.05, 0) is 73.4 Å². The number of carbonyl (C=O) groups excluding carboxylic acids is 1. The quantitative estimate of drug-likeness (QED) is 0.183. The zero-order valence-corrected chi connectivity index (χ0v) is 23.2. The standard InChI is InChI=1S/C31H31ClFN3O2S/c32-27-18-25(33)15-14-24(27)20-39-31-35-28-9-5-4-8-26(28)30(38)36(31)19-22-10-12-23(13-11-22)29(37)34-17-16-21-6-2-1-3-7-21/h1-9,14-15,18,22-23H,10-13,16-17,19-20H2,(H,34,37).